The molecule has 112 valence electrons. The van der Waals surface area contributed by atoms with Gasteiger partial charge in [-0.15, -0.1) is 11.3 Å². The number of carbonyl (C=O) groups excluding carboxylic acids is 1. The number of hydrogen-bond donors (Lipinski definition) is 1. The van der Waals surface area contributed by atoms with Crippen LogP contribution in [0.4, 0.5) is 0 Å². The van der Waals surface area contributed by atoms with Crippen LogP contribution >= 0.6 is 23.1 Å². The molecule has 4 nitrogen and oxygen atoms in total. The molecular weight excluding hydrogens is 302 g/mol. The minimum absolute atomic E-state index is 0.221. The van der Waals surface area contributed by atoms with Crippen LogP contribution in [0.15, 0.2) is 5.03 Å². The highest BCUT2D eigenvalue weighted by atomic mass is 32.2. The molecule has 2 heterocycles. The first-order valence-electron chi connectivity index (χ1n) is 7.35. The van der Waals surface area contributed by atoms with Crippen molar-refractivity contribution in [2.24, 2.45) is 5.73 Å². The Balaban J connectivity index is 2.12. The quantitative estimate of drug-likeness (QED) is 0.693. The standard InChI is InChI=1S/C15H19N3OS2/c1-3-10(13(16)19)20-14-12-9-6-4-5-7-11(9)21-15(12)18-8(2)17-14/h10H,3-7H2,1-2H3,(H2,16,19). The summed E-state index contributed by atoms with van der Waals surface area (Å²) >= 11 is 3.29. The Bertz CT molecular complexity index is 696. The van der Waals surface area contributed by atoms with E-state index in [0.29, 0.717) is 0 Å². The molecule has 0 spiro atoms. The summed E-state index contributed by atoms with van der Waals surface area (Å²) in [6, 6.07) is 0. The van der Waals surface area contributed by atoms with Gasteiger partial charge in [0.25, 0.3) is 0 Å². The third kappa shape index (κ3) is 2.79. The van der Waals surface area contributed by atoms with E-state index in [1.54, 1.807) is 11.3 Å². The van der Waals surface area contributed by atoms with Crippen LogP contribution in [-0.4, -0.2) is 21.1 Å². The first-order chi connectivity index (χ1) is 10.1. The molecule has 3 rings (SSSR count). The van der Waals surface area contributed by atoms with Crippen molar-refractivity contribution in [1.29, 1.82) is 0 Å². The topological polar surface area (TPSA) is 68.9 Å². The maximum atomic E-state index is 11.5. The Kier molecular flexibility index (Phi) is 4.17. The SMILES string of the molecule is CCC(Sc1nc(C)nc2sc3c(c12)CCCC3)C(N)=O. The number of hydrogen-bond acceptors (Lipinski definition) is 5. The summed E-state index contributed by atoms with van der Waals surface area (Å²) in [4.78, 5) is 23.3. The van der Waals surface area contributed by atoms with Crippen LogP contribution in [0, 0.1) is 6.92 Å². The number of thiophene rings is 1. The van der Waals surface area contributed by atoms with Crippen molar-refractivity contribution in [2.75, 3.05) is 0 Å². The fraction of sp³-hybridized carbons (Fsp3) is 0.533. The van der Waals surface area contributed by atoms with Crippen LogP contribution < -0.4 is 5.73 Å². The molecule has 0 radical (unpaired) electrons. The lowest BCUT2D eigenvalue weighted by Gasteiger charge is -2.14. The third-order valence-electron chi connectivity index (χ3n) is 3.84. The Morgan fingerprint density at radius 1 is 1.38 bits per heavy atom. The first kappa shape index (κ1) is 14.8. The second-order valence-corrected chi connectivity index (χ2v) is 7.66. The molecule has 2 aromatic rings. The number of fused-ring (bicyclic) bond motifs is 3. The Hall–Kier alpha value is -1.14. The van der Waals surface area contributed by atoms with E-state index in [9.17, 15) is 4.79 Å². The van der Waals surface area contributed by atoms with Gasteiger partial charge in [0.15, 0.2) is 0 Å². The van der Waals surface area contributed by atoms with Gasteiger partial charge in [-0.1, -0.05) is 18.7 Å². The molecule has 0 saturated heterocycles. The van der Waals surface area contributed by atoms with Crippen molar-refractivity contribution in [1.82, 2.24) is 9.97 Å². The van der Waals surface area contributed by atoms with Gasteiger partial charge in [0.1, 0.15) is 15.7 Å². The van der Waals surface area contributed by atoms with Crippen molar-refractivity contribution >= 4 is 39.2 Å². The molecule has 1 aliphatic carbocycles. The molecule has 1 aliphatic rings. The molecule has 1 unspecified atom stereocenters. The van der Waals surface area contributed by atoms with Gasteiger partial charge in [0.05, 0.1) is 5.25 Å². The zero-order chi connectivity index (χ0) is 15.0. The summed E-state index contributed by atoms with van der Waals surface area (Å²) in [6.45, 7) is 3.89. The van der Waals surface area contributed by atoms with Crippen molar-refractivity contribution in [2.45, 2.75) is 56.2 Å². The average Bonchev–Trinajstić information content (AvgIpc) is 2.81. The lowest BCUT2D eigenvalue weighted by Crippen LogP contribution is -2.25. The van der Waals surface area contributed by atoms with Crippen LogP contribution in [0.5, 0.6) is 0 Å². The molecule has 0 saturated carbocycles. The second kappa shape index (κ2) is 5.93. The fourth-order valence-corrected chi connectivity index (χ4v) is 5.23. The van der Waals surface area contributed by atoms with Crippen molar-refractivity contribution in [3.05, 3.63) is 16.3 Å². The van der Waals surface area contributed by atoms with Gasteiger partial charge in [0.2, 0.25) is 5.91 Å². The zero-order valence-corrected chi connectivity index (χ0v) is 13.9. The van der Waals surface area contributed by atoms with Crippen LogP contribution in [-0.2, 0) is 17.6 Å². The second-order valence-electron chi connectivity index (χ2n) is 5.38. The number of amides is 1. The van der Waals surface area contributed by atoms with E-state index >= 15 is 0 Å². The number of nitrogens with two attached hydrogens (primary N) is 1. The molecule has 6 heteroatoms. The van der Waals surface area contributed by atoms with Crippen molar-refractivity contribution in [3.8, 4) is 0 Å². The van der Waals surface area contributed by atoms with Gasteiger partial charge in [-0.25, -0.2) is 9.97 Å². The van der Waals surface area contributed by atoms with E-state index in [0.717, 1.165) is 34.9 Å². The minimum atomic E-state index is -0.268. The van der Waals surface area contributed by atoms with Gasteiger partial charge in [-0.05, 0) is 44.6 Å². The highest BCUT2D eigenvalue weighted by Crippen LogP contribution is 2.40. The summed E-state index contributed by atoms with van der Waals surface area (Å²) in [6.07, 6.45) is 5.45. The van der Waals surface area contributed by atoms with Crippen LogP contribution in [0.1, 0.15) is 42.5 Å². The van der Waals surface area contributed by atoms with E-state index in [2.05, 4.69) is 9.97 Å². The summed E-state index contributed by atoms with van der Waals surface area (Å²) in [5, 5.41) is 1.88. The largest absolute Gasteiger partial charge is 0.369 e. The number of primary amides is 1. The Labute approximate surface area is 132 Å². The lowest BCUT2D eigenvalue weighted by atomic mass is 9.97. The molecule has 0 aromatic carbocycles. The number of nitrogens with zero attached hydrogens (tertiary/aromatic N) is 2. The molecule has 2 aromatic heterocycles. The predicted molar refractivity (Wildman–Crippen MR) is 87.9 cm³/mol. The van der Waals surface area contributed by atoms with Gasteiger partial charge >= 0.3 is 0 Å². The molecule has 0 bridgehead atoms. The van der Waals surface area contributed by atoms with Gasteiger partial charge in [-0.3, -0.25) is 4.79 Å². The van der Waals surface area contributed by atoms with Gasteiger partial charge < -0.3 is 5.73 Å². The summed E-state index contributed by atoms with van der Waals surface area (Å²) in [5.74, 6) is 0.499. The Morgan fingerprint density at radius 3 is 2.86 bits per heavy atom. The lowest BCUT2D eigenvalue weighted by molar-refractivity contribution is -0.117. The third-order valence-corrected chi connectivity index (χ3v) is 6.39. The normalized spacial score (nSPS) is 15.9. The molecule has 0 aliphatic heterocycles. The van der Waals surface area contributed by atoms with E-state index < -0.39 is 0 Å². The van der Waals surface area contributed by atoms with E-state index in [4.69, 9.17) is 5.73 Å². The average molecular weight is 321 g/mol. The predicted octanol–water partition coefficient (Wildman–Crippen LogP) is 3.23. The van der Waals surface area contributed by atoms with Crippen LogP contribution in [0.2, 0.25) is 0 Å². The van der Waals surface area contributed by atoms with Crippen molar-refractivity contribution < 1.29 is 4.79 Å². The van der Waals surface area contributed by atoms with Gasteiger partial charge in [-0.2, -0.15) is 0 Å². The van der Waals surface area contributed by atoms with Crippen molar-refractivity contribution in [3.63, 3.8) is 0 Å². The fourth-order valence-electron chi connectivity index (χ4n) is 2.79. The summed E-state index contributed by atoms with van der Waals surface area (Å²) in [7, 11) is 0. The number of aromatic nitrogens is 2. The minimum Gasteiger partial charge on any atom is -0.369 e. The molecular formula is C15H19N3OS2. The monoisotopic (exact) mass is 321 g/mol. The molecule has 21 heavy (non-hydrogen) atoms. The van der Waals surface area contributed by atoms with E-state index in [-0.39, 0.29) is 11.2 Å². The maximum absolute atomic E-state index is 11.5. The van der Waals surface area contributed by atoms with Crippen LogP contribution in [0.3, 0.4) is 0 Å². The number of rotatable bonds is 4. The van der Waals surface area contributed by atoms with E-state index in [1.807, 2.05) is 13.8 Å². The number of thioether (sulfide) groups is 1. The molecule has 2 N–H and O–H groups in total. The first-order valence-corrected chi connectivity index (χ1v) is 9.04. The number of carbonyl (C=O) groups is 1. The Morgan fingerprint density at radius 2 is 2.14 bits per heavy atom. The highest BCUT2D eigenvalue weighted by Gasteiger charge is 2.23. The van der Waals surface area contributed by atoms with Crippen LogP contribution in [0.25, 0.3) is 10.2 Å². The number of aryl methyl sites for hydroxylation is 3. The summed E-state index contributed by atoms with van der Waals surface area (Å²) in [5.41, 5.74) is 6.90. The molecule has 1 atom stereocenters. The molecule has 0 fully saturated rings. The zero-order valence-electron chi connectivity index (χ0n) is 12.3. The smallest absolute Gasteiger partial charge is 0.230 e. The van der Waals surface area contributed by atoms with Gasteiger partial charge in [0, 0.05) is 10.3 Å². The highest BCUT2D eigenvalue weighted by molar-refractivity contribution is 8.00. The van der Waals surface area contributed by atoms with E-state index in [1.165, 1.54) is 40.4 Å². The molecule has 1 amide bonds. The summed E-state index contributed by atoms with van der Waals surface area (Å²) < 4.78 is 0. The maximum Gasteiger partial charge on any atom is 0.230 e.